The van der Waals surface area contributed by atoms with Crippen LogP contribution in [0.3, 0.4) is 0 Å². The van der Waals surface area contributed by atoms with Crippen LogP contribution in [0.2, 0.25) is 0 Å². The Hall–Kier alpha value is -1.29. The highest BCUT2D eigenvalue weighted by Gasteiger charge is 2.53. The number of aromatic amines is 1. The largest absolute Gasteiger partial charge is 0.382 e. The molecule has 0 amide bonds. The van der Waals surface area contributed by atoms with Crippen molar-refractivity contribution >= 4 is 21.7 Å². The number of fused-ring (bicyclic) bond motifs is 1. The van der Waals surface area contributed by atoms with E-state index in [9.17, 15) is 0 Å². The summed E-state index contributed by atoms with van der Waals surface area (Å²) in [6.45, 7) is 0. The van der Waals surface area contributed by atoms with Gasteiger partial charge in [0.2, 0.25) is 0 Å². The van der Waals surface area contributed by atoms with Gasteiger partial charge in [-0.2, -0.15) is 5.10 Å². The van der Waals surface area contributed by atoms with Gasteiger partial charge in [-0.15, -0.1) is 0 Å². The average Bonchev–Trinajstić information content (AvgIpc) is 3.08. The second kappa shape index (κ2) is 4.62. The van der Waals surface area contributed by atoms with E-state index in [4.69, 9.17) is 5.73 Å². The van der Waals surface area contributed by atoms with Crippen molar-refractivity contribution in [2.24, 2.45) is 11.8 Å². The van der Waals surface area contributed by atoms with E-state index < -0.39 is 0 Å². The number of hydrogen-bond acceptors (Lipinski definition) is 2. The van der Waals surface area contributed by atoms with Gasteiger partial charge in [-0.05, 0) is 42.4 Å². The van der Waals surface area contributed by atoms with Crippen LogP contribution in [-0.2, 0) is 0 Å². The van der Waals surface area contributed by atoms with Crippen molar-refractivity contribution in [1.29, 1.82) is 0 Å². The Morgan fingerprint density at radius 2 is 1.75 bits per heavy atom. The fourth-order valence-corrected chi connectivity index (χ4v) is 4.22. The van der Waals surface area contributed by atoms with Crippen molar-refractivity contribution in [2.45, 2.75) is 31.6 Å². The van der Waals surface area contributed by atoms with E-state index in [1.807, 2.05) is 0 Å². The Morgan fingerprint density at radius 3 is 2.40 bits per heavy atom. The molecule has 2 atom stereocenters. The predicted molar refractivity (Wildman–Crippen MR) is 84.3 cm³/mol. The molecule has 3 nitrogen and oxygen atoms in total. The zero-order valence-corrected chi connectivity index (χ0v) is 12.9. The van der Waals surface area contributed by atoms with Crippen LogP contribution in [0.5, 0.6) is 0 Å². The Kier molecular flexibility index (Phi) is 2.88. The zero-order chi connectivity index (χ0) is 13.7. The first-order chi connectivity index (χ1) is 9.75. The summed E-state index contributed by atoms with van der Waals surface area (Å²) in [5, 5.41) is 7.49. The summed E-state index contributed by atoms with van der Waals surface area (Å²) in [7, 11) is 0. The number of anilines is 1. The standard InChI is InChI=1S/C16H18BrN3/c17-10-7-5-9(6-8-10)13-15(19-20-16(13)18)14-11-3-1-2-4-12(11)14/h5-8,11-12,14H,1-4H2,(H3,18,19,20). The minimum Gasteiger partial charge on any atom is -0.382 e. The lowest BCUT2D eigenvalue weighted by Crippen LogP contribution is -1.91. The molecule has 4 rings (SSSR count). The normalized spacial score (nSPS) is 28.1. The molecule has 1 aromatic heterocycles. The third-order valence-electron chi connectivity index (χ3n) is 4.95. The molecule has 2 aliphatic rings. The van der Waals surface area contributed by atoms with Crippen molar-refractivity contribution in [3.8, 4) is 11.1 Å². The maximum absolute atomic E-state index is 6.11. The molecule has 3 N–H and O–H groups in total. The number of benzene rings is 1. The van der Waals surface area contributed by atoms with E-state index in [0.717, 1.165) is 27.4 Å². The van der Waals surface area contributed by atoms with E-state index in [1.165, 1.54) is 31.4 Å². The Bertz CT molecular complexity index is 620. The molecule has 0 aliphatic heterocycles. The molecule has 2 fully saturated rings. The van der Waals surface area contributed by atoms with Crippen molar-refractivity contribution in [3.05, 3.63) is 34.4 Å². The number of rotatable bonds is 2. The van der Waals surface area contributed by atoms with Crippen molar-refractivity contribution < 1.29 is 0 Å². The molecule has 2 aliphatic carbocycles. The van der Waals surface area contributed by atoms with E-state index in [0.29, 0.717) is 11.7 Å². The average molecular weight is 332 g/mol. The lowest BCUT2D eigenvalue weighted by molar-refractivity contribution is 0.480. The Balaban J connectivity index is 1.73. The summed E-state index contributed by atoms with van der Waals surface area (Å²) in [6, 6.07) is 8.35. The topological polar surface area (TPSA) is 54.7 Å². The summed E-state index contributed by atoms with van der Waals surface area (Å²) in [4.78, 5) is 0. The predicted octanol–water partition coefficient (Wildman–Crippen LogP) is 4.33. The molecule has 104 valence electrons. The minimum absolute atomic E-state index is 0.631. The van der Waals surface area contributed by atoms with Crippen LogP contribution in [0.25, 0.3) is 11.1 Å². The minimum atomic E-state index is 0.631. The van der Waals surface area contributed by atoms with Crippen LogP contribution >= 0.6 is 15.9 Å². The van der Waals surface area contributed by atoms with Gasteiger partial charge in [0, 0.05) is 21.6 Å². The highest BCUT2D eigenvalue weighted by molar-refractivity contribution is 9.10. The van der Waals surface area contributed by atoms with Gasteiger partial charge in [0.15, 0.2) is 5.82 Å². The first-order valence-electron chi connectivity index (χ1n) is 7.35. The number of nitrogens with two attached hydrogens (primary N) is 1. The summed E-state index contributed by atoms with van der Waals surface area (Å²) < 4.78 is 1.09. The summed E-state index contributed by atoms with van der Waals surface area (Å²) in [5.41, 5.74) is 9.66. The van der Waals surface area contributed by atoms with Crippen LogP contribution in [-0.4, -0.2) is 10.2 Å². The molecule has 0 bridgehead atoms. The second-order valence-corrected chi connectivity index (χ2v) is 6.96. The molecule has 1 aromatic carbocycles. The van der Waals surface area contributed by atoms with E-state index >= 15 is 0 Å². The number of hydrogen-bond donors (Lipinski definition) is 2. The van der Waals surface area contributed by atoms with Crippen LogP contribution < -0.4 is 5.73 Å². The van der Waals surface area contributed by atoms with Crippen LogP contribution in [0.4, 0.5) is 5.82 Å². The number of aromatic nitrogens is 2. The van der Waals surface area contributed by atoms with Gasteiger partial charge >= 0.3 is 0 Å². The quantitative estimate of drug-likeness (QED) is 0.860. The van der Waals surface area contributed by atoms with Crippen LogP contribution in [0.15, 0.2) is 28.7 Å². The fourth-order valence-electron chi connectivity index (χ4n) is 3.95. The number of nitrogen functional groups attached to an aromatic ring is 1. The number of nitrogens with one attached hydrogen (secondary N) is 1. The van der Waals surface area contributed by atoms with Gasteiger partial charge in [0.25, 0.3) is 0 Å². The van der Waals surface area contributed by atoms with Gasteiger partial charge in [-0.1, -0.05) is 40.9 Å². The van der Waals surface area contributed by atoms with Gasteiger partial charge in [0.1, 0.15) is 0 Å². The Morgan fingerprint density at radius 1 is 1.10 bits per heavy atom. The first-order valence-corrected chi connectivity index (χ1v) is 8.14. The van der Waals surface area contributed by atoms with E-state index in [-0.39, 0.29) is 0 Å². The van der Waals surface area contributed by atoms with E-state index in [2.05, 4.69) is 50.4 Å². The second-order valence-electron chi connectivity index (χ2n) is 6.04. The fraction of sp³-hybridized carbons (Fsp3) is 0.438. The van der Waals surface area contributed by atoms with E-state index in [1.54, 1.807) is 0 Å². The Labute approximate surface area is 127 Å². The highest BCUT2D eigenvalue weighted by atomic mass is 79.9. The zero-order valence-electron chi connectivity index (χ0n) is 11.3. The molecular weight excluding hydrogens is 314 g/mol. The monoisotopic (exact) mass is 331 g/mol. The molecule has 0 spiro atoms. The molecule has 1 heterocycles. The summed E-state index contributed by atoms with van der Waals surface area (Å²) >= 11 is 3.48. The molecule has 2 aromatic rings. The third-order valence-corrected chi connectivity index (χ3v) is 5.47. The lowest BCUT2D eigenvalue weighted by Gasteiger charge is -2.04. The van der Waals surface area contributed by atoms with Crippen LogP contribution in [0, 0.1) is 11.8 Å². The van der Waals surface area contributed by atoms with Gasteiger partial charge < -0.3 is 5.73 Å². The van der Waals surface area contributed by atoms with Crippen molar-refractivity contribution in [2.75, 3.05) is 5.73 Å². The molecule has 0 radical (unpaired) electrons. The summed E-state index contributed by atoms with van der Waals surface area (Å²) in [5.74, 6) is 3.00. The van der Waals surface area contributed by atoms with Crippen molar-refractivity contribution in [1.82, 2.24) is 10.2 Å². The number of nitrogens with zero attached hydrogens (tertiary/aromatic N) is 1. The van der Waals surface area contributed by atoms with Gasteiger partial charge in [-0.25, -0.2) is 0 Å². The van der Waals surface area contributed by atoms with Gasteiger partial charge in [-0.3, -0.25) is 5.10 Å². The maximum atomic E-state index is 6.11. The maximum Gasteiger partial charge on any atom is 0.153 e. The third kappa shape index (κ3) is 1.89. The van der Waals surface area contributed by atoms with Gasteiger partial charge in [0.05, 0.1) is 0 Å². The smallest absolute Gasteiger partial charge is 0.153 e. The molecular formula is C16H18BrN3. The lowest BCUT2D eigenvalue weighted by atomic mass is 10.0. The van der Waals surface area contributed by atoms with Crippen LogP contribution in [0.1, 0.15) is 37.3 Å². The molecule has 2 unspecified atom stereocenters. The molecule has 2 saturated carbocycles. The highest BCUT2D eigenvalue weighted by Crippen LogP contribution is 2.62. The first kappa shape index (κ1) is 12.5. The van der Waals surface area contributed by atoms with Crippen molar-refractivity contribution in [3.63, 3.8) is 0 Å². The molecule has 0 saturated heterocycles. The number of H-pyrrole nitrogens is 1. The SMILES string of the molecule is Nc1n[nH]c(C2C3CCCCC32)c1-c1ccc(Br)cc1. The number of halogens is 1. The molecule has 20 heavy (non-hydrogen) atoms. The molecule has 4 heteroatoms. The summed E-state index contributed by atoms with van der Waals surface area (Å²) in [6.07, 6.45) is 5.51.